The third kappa shape index (κ3) is 5.08. The first kappa shape index (κ1) is 20.3. The molecule has 0 atom stereocenters. The van der Waals surface area contributed by atoms with E-state index in [1.807, 2.05) is 19.1 Å². The Balaban J connectivity index is 1.70. The first-order valence-electron chi connectivity index (χ1n) is 8.65. The third-order valence-electron chi connectivity index (χ3n) is 3.90. The predicted molar refractivity (Wildman–Crippen MR) is 109 cm³/mol. The highest BCUT2D eigenvalue weighted by Gasteiger charge is 2.13. The summed E-state index contributed by atoms with van der Waals surface area (Å²) in [4.78, 5) is 24.7. The fourth-order valence-corrected chi connectivity index (χ4v) is 2.84. The van der Waals surface area contributed by atoms with Crippen molar-refractivity contribution >= 4 is 34.8 Å². The van der Waals surface area contributed by atoms with Crippen LogP contribution in [0, 0.1) is 6.92 Å². The van der Waals surface area contributed by atoms with Gasteiger partial charge in [-0.2, -0.15) is 4.80 Å². The molecule has 0 radical (unpaired) electrons. The number of methoxy groups -OCH3 is 1. The van der Waals surface area contributed by atoms with Gasteiger partial charge in [-0.1, -0.05) is 17.7 Å². The molecule has 3 aromatic rings. The number of halogens is 1. The van der Waals surface area contributed by atoms with Crippen molar-refractivity contribution in [1.82, 2.24) is 20.2 Å². The lowest BCUT2D eigenvalue weighted by atomic mass is 10.2. The van der Waals surface area contributed by atoms with E-state index in [1.165, 1.54) is 18.8 Å². The van der Waals surface area contributed by atoms with Gasteiger partial charge < -0.3 is 15.4 Å². The molecule has 1 heterocycles. The molecule has 0 fully saturated rings. The number of ether oxygens (including phenoxy) is 1. The van der Waals surface area contributed by atoms with Crippen LogP contribution < -0.4 is 15.4 Å². The van der Waals surface area contributed by atoms with Gasteiger partial charge >= 0.3 is 0 Å². The van der Waals surface area contributed by atoms with Crippen LogP contribution in [-0.2, 0) is 16.1 Å². The monoisotopic (exact) mass is 414 g/mol. The molecule has 0 unspecified atom stereocenters. The Bertz CT molecular complexity index is 1070. The maximum Gasteiger partial charge on any atom is 0.248 e. The van der Waals surface area contributed by atoms with Crippen molar-refractivity contribution in [1.29, 1.82) is 0 Å². The largest absolute Gasteiger partial charge is 0.495 e. The van der Waals surface area contributed by atoms with Crippen molar-refractivity contribution in [2.45, 2.75) is 20.4 Å². The van der Waals surface area contributed by atoms with E-state index in [2.05, 4.69) is 26.0 Å². The van der Waals surface area contributed by atoms with E-state index in [1.54, 1.807) is 24.3 Å². The lowest BCUT2D eigenvalue weighted by Crippen LogP contribution is -2.20. The normalized spacial score (nSPS) is 10.5. The van der Waals surface area contributed by atoms with Gasteiger partial charge in [-0.25, -0.2) is 0 Å². The molecular formula is C19H19ClN6O3. The fraction of sp³-hybridized carbons (Fsp3) is 0.211. The Kier molecular flexibility index (Phi) is 6.08. The minimum absolute atomic E-state index is 0.123. The molecule has 0 aliphatic carbocycles. The van der Waals surface area contributed by atoms with Gasteiger partial charge in [-0.3, -0.25) is 9.59 Å². The topological polar surface area (TPSA) is 111 Å². The zero-order valence-corrected chi connectivity index (χ0v) is 16.8. The smallest absolute Gasteiger partial charge is 0.248 e. The molecule has 0 saturated carbocycles. The van der Waals surface area contributed by atoms with Crippen molar-refractivity contribution in [2.75, 3.05) is 17.7 Å². The van der Waals surface area contributed by atoms with Crippen LogP contribution in [0.15, 0.2) is 36.4 Å². The number of aryl methyl sites for hydroxylation is 1. The highest BCUT2D eigenvalue weighted by molar-refractivity contribution is 6.34. The minimum atomic E-state index is -0.322. The molecule has 2 aromatic carbocycles. The molecule has 10 heteroatoms. The summed E-state index contributed by atoms with van der Waals surface area (Å²) in [5.41, 5.74) is 2.65. The van der Waals surface area contributed by atoms with E-state index in [4.69, 9.17) is 16.3 Å². The molecule has 0 aliphatic rings. The van der Waals surface area contributed by atoms with E-state index >= 15 is 0 Å². The molecule has 0 saturated heterocycles. The molecule has 29 heavy (non-hydrogen) atoms. The number of carbonyl (C=O) groups excluding carboxylic acids is 2. The Labute approximate surface area is 172 Å². The number of anilines is 2. The molecule has 0 aliphatic heterocycles. The van der Waals surface area contributed by atoms with Gasteiger partial charge in [-0.15, -0.1) is 10.2 Å². The van der Waals surface area contributed by atoms with Crippen LogP contribution in [0.25, 0.3) is 11.4 Å². The number of nitrogens with one attached hydrogen (secondary N) is 2. The van der Waals surface area contributed by atoms with Crippen molar-refractivity contribution in [2.24, 2.45) is 0 Å². The Morgan fingerprint density at radius 1 is 1.14 bits per heavy atom. The van der Waals surface area contributed by atoms with Crippen LogP contribution >= 0.6 is 11.6 Å². The zero-order valence-electron chi connectivity index (χ0n) is 16.1. The van der Waals surface area contributed by atoms with Crippen LogP contribution in [0.5, 0.6) is 5.75 Å². The SMILES string of the molecule is COc1ccc(C)cc1NC(=O)Cn1nnc(-c2ccc(NC(C)=O)c(Cl)c2)n1. The number of amides is 2. The fourth-order valence-electron chi connectivity index (χ4n) is 2.61. The Hall–Kier alpha value is -3.46. The summed E-state index contributed by atoms with van der Waals surface area (Å²) in [6.45, 7) is 3.19. The zero-order chi connectivity index (χ0) is 21.0. The van der Waals surface area contributed by atoms with Crippen LogP contribution in [0.3, 0.4) is 0 Å². The van der Waals surface area contributed by atoms with Crippen LogP contribution in [0.4, 0.5) is 11.4 Å². The maximum absolute atomic E-state index is 12.4. The molecule has 2 N–H and O–H groups in total. The lowest BCUT2D eigenvalue weighted by molar-refractivity contribution is -0.117. The summed E-state index contributed by atoms with van der Waals surface area (Å²) in [6, 6.07) is 10.5. The van der Waals surface area contributed by atoms with Gasteiger partial charge in [0, 0.05) is 12.5 Å². The van der Waals surface area contributed by atoms with Crippen molar-refractivity contribution in [3.05, 3.63) is 47.0 Å². The number of carbonyl (C=O) groups is 2. The van der Waals surface area contributed by atoms with Gasteiger partial charge in [0.1, 0.15) is 12.3 Å². The summed E-state index contributed by atoms with van der Waals surface area (Å²) in [5, 5.41) is 17.8. The number of benzene rings is 2. The number of hydrogen-bond donors (Lipinski definition) is 2. The standard InChI is InChI=1S/C19H19ClN6O3/c1-11-4-7-17(29-3)16(8-11)22-18(28)10-26-24-19(23-25-26)13-5-6-15(14(20)9-13)21-12(2)27/h4-9H,10H2,1-3H3,(H,21,27)(H,22,28). The summed E-state index contributed by atoms with van der Waals surface area (Å²) in [7, 11) is 1.54. The van der Waals surface area contributed by atoms with E-state index in [-0.39, 0.29) is 18.4 Å². The van der Waals surface area contributed by atoms with Crippen molar-refractivity contribution in [3.63, 3.8) is 0 Å². The summed E-state index contributed by atoms with van der Waals surface area (Å²) in [6.07, 6.45) is 0. The van der Waals surface area contributed by atoms with Crippen LogP contribution in [0.1, 0.15) is 12.5 Å². The second-order valence-corrected chi connectivity index (χ2v) is 6.68. The van der Waals surface area contributed by atoms with Gasteiger partial charge in [0.15, 0.2) is 0 Å². The summed E-state index contributed by atoms with van der Waals surface area (Å²) >= 11 is 6.17. The van der Waals surface area contributed by atoms with Gasteiger partial charge in [0.05, 0.1) is 23.5 Å². The summed E-state index contributed by atoms with van der Waals surface area (Å²) in [5.74, 6) is 0.323. The quantitative estimate of drug-likeness (QED) is 0.641. The number of rotatable bonds is 6. The Morgan fingerprint density at radius 3 is 2.62 bits per heavy atom. The van der Waals surface area contributed by atoms with Crippen molar-refractivity contribution in [3.8, 4) is 17.1 Å². The predicted octanol–water partition coefficient (Wildman–Crippen LogP) is 2.91. The molecular weight excluding hydrogens is 396 g/mol. The summed E-state index contributed by atoms with van der Waals surface area (Å²) < 4.78 is 5.25. The van der Waals surface area contributed by atoms with E-state index in [9.17, 15) is 9.59 Å². The highest BCUT2D eigenvalue weighted by atomic mass is 35.5. The second kappa shape index (κ2) is 8.70. The minimum Gasteiger partial charge on any atom is -0.495 e. The van der Waals surface area contributed by atoms with E-state index in [0.717, 1.165) is 5.56 Å². The molecule has 0 spiro atoms. The molecule has 3 rings (SSSR count). The highest BCUT2D eigenvalue weighted by Crippen LogP contribution is 2.27. The Morgan fingerprint density at radius 2 is 1.93 bits per heavy atom. The molecule has 150 valence electrons. The van der Waals surface area contributed by atoms with Crippen LogP contribution in [0.2, 0.25) is 5.02 Å². The van der Waals surface area contributed by atoms with E-state index in [0.29, 0.717) is 33.5 Å². The van der Waals surface area contributed by atoms with Gasteiger partial charge in [0.2, 0.25) is 17.6 Å². The number of hydrogen-bond acceptors (Lipinski definition) is 6. The van der Waals surface area contributed by atoms with Crippen molar-refractivity contribution < 1.29 is 14.3 Å². The third-order valence-corrected chi connectivity index (χ3v) is 4.22. The molecule has 0 bridgehead atoms. The number of tetrazole rings is 1. The average Bonchev–Trinajstić information content (AvgIpc) is 3.11. The van der Waals surface area contributed by atoms with Gasteiger partial charge in [-0.05, 0) is 48.0 Å². The second-order valence-electron chi connectivity index (χ2n) is 6.27. The maximum atomic E-state index is 12.4. The molecule has 1 aromatic heterocycles. The number of nitrogens with zero attached hydrogens (tertiary/aromatic N) is 4. The average molecular weight is 415 g/mol. The molecule has 2 amide bonds. The van der Waals surface area contributed by atoms with Crippen LogP contribution in [-0.4, -0.2) is 39.1 Å². The lowest BCUT2D eigenvalue weighted by Gasteiger charge is -2.10. The van der Waals surface area contributed by atoms with E-state index < -0.39 is 0 Å². The number of aromatic nitrogens is 4. The van der Waals surface area contributed by atoms with Gasteiger partial charge in [0.25, 0.3) is 0 Å². The first-order chi connectivity index (χ1) is 13.9. The first-order valence-corrected chi connectivity index (χ1v) is 9.03. The molecule has 9 nitrogen and oxygen atoms in total.